The largest absolute Gasteiger partial charge is 0.336 e. The summed E-state index contributed by atoms with van der Waals surface area (Å²) >= 11 is 5.26. The molecule has 0 radical (unpaired) electrons. The number of benzene rings is 2. The van der Waals surface area contributed by atoms with Gasteiger partial charge in [0.05, 0.1) is 0 Å². The number of anilines is 1. The summed E-state index contributed by atoms with van der Waals surface area (Å²) in [5.74, 6) is -0.158. The summed E-state index contributed by atoms with van der Waals surface area (Å²) in [5, 5.41) is 2.88. The van der Waals surface area contributed by atoms with Crippen molar-refractivity contribution in [3.63, 3.8) is 0 Å². The summed E-state index contributed by atoms with van der Waals surface area (Å²) < 4.78 is 15.1. The third kappa shape index (κ3) is 3.75. The van der Waals surface area contributed by atoms with Crippen molar-refractivity contribution in [2.45, 2.75) is 26.2 Å². The van der Waals surface area contributed by atoms with Crippen LogP contribution in [0.4, 0.5) is 10.1 Å². The Hall–Kier alpha value is -2.73. The number of imidazole rings is 1. The average molecular weight is 369 g/mol. The van der Waals surface area contributed by atoms with Crippen LogP contribution in [0.25, 0.3) is 5.69 Å². The zero-order valence-electron chi connectivity index (χ0n) is 14.6. The lowest BCUT2D eigenvalue weighted by Crippen LogP contribution is -2.16. The van der Waals surface area contributed by atoms with Crippen molar-refractivity contribution in [2.75, 3.05) is 5.32 Å². The molecule has 0 spiro atoms. The van der Waals surface area contributed by atoms with E-state index in [1.165, 1.54) is 17.7 Å². The first-order chi connectivity index (χ1) is 12.5. The number of aromatic nitrogens is 2. The number of carbonyl (C=O) groups is 1. The van der Waals surface area contributed by atoms with Crippen LogP contribution in [0.2, 0.25) is 0 Å². The Bertz CT molecular complexity index is 958. The number of hydrogen-bond acceptors (Lipinski definition) is 2. The van der Waals surface area contributed by atoms with Gasteiger partial charge in [-0.2, -0.15) is 0 Å². The molecule has 2 N–H and O–H groups in total. The SMILES string of the molecule is CC[C@H](C)c1ccc(NC(=O)c2c[nH]c(=S)n2-c2ccc(F)cc2)cc1. The molecule has 0 aliphatic rings. The second-order valence-electron chi connectivity index (χ2n) is 6.18. The highest BCUT2D eigenvalue weighted by molar-refractivity contribution is 7.71. The topological polar surface area (TPSA) is 49.8 Å². The van der Waals surface area contributed by atoms with Crippen LogP contribution >= 0.6 is 12.2 Å². The van der Waals surface area contributed by atoms with Crippen LogP contribution in [0, 0.1) is 10.6 Å². The number of hydrogen-bond donors (Lipinski definition) is 2. The van der Waals surface area contributed by atoms with E-state index in [2.05, 4.69) is 24.1 Å². The molecule has 26 heavy (non-hydrogen) atoms. The number of halogens is 1. The molecule has 0 bridgehead atoms. The molecular formula is C20H20FN3OS. The van der Waals surface area contributed by atoms with Crippen LogP contribution in [-0.2, 0) is 0 Å². The number of nitrogens with one attached hydrogen (secondary N) is 2. The van der Waals surface area contributed by atoms with Gasteiger partial charge in [0.15, 0.2) is 4.77 Å². The van der Waals surface area contributed by atoms with E-state index >= 15 is 0 Å². The van der Waals surface area contributed by atoms with Gasteiger partial charge in [0.2, 0.25) is 0 Å². The third-order valence-electron chi connectivity index (χ3n) is 4.44. The molecule has 134 valence electrons. The zero-order chi connectivity index (χ0) is 18.7. The highest BCUT2D eigenvalue weighted by atomic mass is 32.1. The fourth-order valence-electron chi connectivity index (χ4n) is 2.71. The third-order valence-corrected chi connectivity index (χ3v) is 4.74. The van der Waals surface area contributed by atoms with Gasteiger partial charge in [-0.15, -0.1) is 0 Å². The molecule has 6 heteroatoms. The summed E-state index contributed by atoms with van der Waals surface area (Å²) in [4.78, 5) is 15.6. The number of nitrogens with zero attached hydrogens (tertiary/aromatic N) is 1. The van der Waals surface area contributed by atoms with Crippen molar-refractivity contribution in [3.8, 4) is 5.69 Å². The van der Waals surface area contributed by atoms with Crippen molar-refractivity contribution in [2.24, 2.45) is 0 Å². The number of amides is 1. The van der Waals surface area contributed by atoms with Crippen LogP contribution < -0.4 is 5.32 Å². The van der Waals surface area contributed by atoms with E-state index in [9.17, 15) is 9.18 Å². The summed E-state index contributed by atoms with van der Waals surface area (Å²) in [6.07, 6.45) is 2.61. The van der Waals surface area contributed by atoms with E-state index in [1.54, 1.807) is 22.9 Å². The minimum absolute atomic E-state index is 0.294. The van der Waals surface area contributed by atoms with Crippen molar-refractivity contribution < 1.29 is 9.18 Å². The van der Waals surface area contributed by atoms with Crippen molar-refractivity contribution in [3.05, 3.63) is 76.6 Å². The fraction of sp³-hybridized carbons (Fsp3) is 0.200. The Morgan fingerprint density at radius 3 is 2.46 bits per heavy atom. The zero-order valence-corrected chi connectivity index (χ0v) is 15.4. The maximum atomic E-state index is 13.2. The maximum absolute atomic E-state index is 13.2. The molecule has 1 aromatic heterocycles. The Balaban J connectivity index is 1.85. The lowest BCUT2D eigenvalue weighted by atomic mass is 9.99. The highest BCUT2D eigenvalue weighted by Crippen LogP contribution is 2.21. The van der Waals surface area contributed by atoms with E-state index in [0.717, 1.165) is 6.42 Å². The predicted molar refractivity (Wildman–Crippen MR) is 104 cm³/mol. The Kier molecular flexibility index (Phi) is 5.32. The monoisotopic (exact) mass is 369 g/mol. The summed E-state index contributed by atoms with van der Waals surface area (Å²) in [7, 11) is 0. The second kappa shape index (κ2) is 7.66. The van der Waals surface area contributed by atoms with Gasteiger partial charge < -0.3 is 10.3 Å². The maximum Gasteiger partial charge on any atom is 0.274 e. The molecule has 0 aliphatic heterocycles. The molecular weight excluding hydrogens is 349 g/mol. The molecule has 4 nitrogen and oxygen atoms in total. The van der Waals surface area contributed by atoms with E-state index in [4.69, 9.17) is 12.2 Å². The summed E-state index contributed by atoms with van der Waals surface area (Å²) in [5.41, 5.74) is 2.92. The normalized spacial score (nSPS) is 12.0. The Labute approximate surface area is 156 Å². The molecule has 2 aromatic carbocycles. The van der Waals surface area contributed by atoms with Crippen LogP contribution in [0.5, 0.6) is 0 Å². The van der Waals surface area contributed by atoms with Gasteiger partial charge in [0.25, 0.3) is 5.91 Å². The summed E-state index contributed by atoms with van der Waals surface area (Å²) in [6.45, 7) is 4.32. The molecule has 0 fully saturated rings. The highest BCUT2D eigenvalue weighted by Gasteiger charge is 2.15. The Morgan fingerprint density at radius 1 is 1.19 bits per heavy atom. The van der Waals surface area contributed by atoms with Gasteiger partial charge in [0, 0.05) is 17.6 Å². The lowest BCUT2D eigenvalue weighted by Gasteiger charge is -2.11. The van der Waals surface area contributed by atoms with E-state index < -0.39 is 0 Å². The van der Waals surface area contributed by atoms with Crippen LogP contribution in [0.3, 0.4) is 0 Å². The molecule has 0 saturated heterocycles. The van der Waals surface area contributed by atoms with Gasteiger partial charge >= 0.3 is 0 Å². The lowest BCUT2D eigenvalue weighted by molar-refractivity contribution is 0.102. The van der Waals surface area contributed by atoms with Crippen molar-refractivity contribution >= 4 is 23.8 Å². The molecule has 0 saturated carbocycles. The number of rotatable bonds is 5. The number of carbonyl (C=O) groups excluding carboxylic acids is 1. The minimum Gasteiger partial charge on any atom is -0.336 e. The minimum atomic E-state index is -0.344. The molecule has 3 aromatic rings. The smallest absolute Gasteiger partial charge is 0.274 e. The van der Waals surface area contributed by atoms with Gasteiger partial charge in [-0.3, -0.25) is 9.36 Å². The van der Waals surface area contributed by atoms with E-state index in [-0.39, 0.29) is 11.7 Å². The summed E-state index contributed by atoms with van der Waals surface area (Å²) in [6, 6.07) is 13.7. The van der Waals surface area contributed by atoms with Gasteiger partial charge in [0.1, 0.15) is 11.5 Å². The molecule has 1 atom stereocenters. The fourth-order valence-corrected chi connectivity index (χ4v) is 2.97. The molecule has 0 aliphatic carbocycles. The van der Waals surface area contributed by atoms with Gasteiger partial charge in [-0.1, -0.05) is 26.0 Å². The first-order valence-electron chi connectivity index (χ1n) is 8.47. The van der Waals surface area contributed by atoms with Crippen LogP contribution in [0.15, 0.2) is 54.7 Å². The van der Waals surface area contributed by atoms with Gasteiger partial charge in [-0.25, -0.2) is 4.39 Å². The van der Waals surface area contributed by atoms with E-state index in [1.807, 2.05) is 24.3 Å². The average Bonchev–Trinajstić information content (AvgIpc) is 3.04. The molecule has 0 unspecified atom stereocenters. The van der Waals surface area contributed by atoms with Crippen LogP contribution in [0.1, 0.15) is 42.2 Å². The van der Waals surface area contributed by atoms with Crippen LogP contribution in [-0.4, -0.2) is 15.5 Å². The quantitative estimate of drug-likeness (QED) is 0.588. The number of aromatic amines is 1. The molecule has 1 heterocycles. The molecule has 1 amide bonds. The van der Waals surface area contributed by atoms with Gasteiger partial charge in [-0.05, 0) is 66.5 Å². The van der Waals surface area contributed by atoms with Crippen molar-refractivity contribution in [1.29, 1.82) is 0 Å². The Morgan fingerprint density at radius 2 is 1.85 bits per heavy atom. The number of H-pyrrole nitrogens is 1. The van der Waals surface area contributed by atoms with Crippen molar-refractivity contribution in [1.82, 2.24) is 9.55 Å². The first kappa shape index (κ1) is 18.1. The standard InChI is InChI=1S/C20H20FN3OS/c1-3-13(2)14-4-8-16(9-5-14)23-19(25)18-12-22-20(26)24(18)17-10-6-15(21)7-11-17/h4-13H,3H2,1-2H3,(H,22,26)(H,23,25)/t13-/m0/s1. The second-order valence-corrected chi connectivity index (χ2v) is 6.56. The first-order valence-corrected chi connectivity index (χ1v) is 8.88. The predicted octanol–water partition coefficient (Wildman–Crippen LogP) is 5.44. The van der Waals surface area contributed by atoms with E-state index in [0.29, 0.717) is 27.8 Å². The molecule has 3 rings (SSSR count).